The van der Waals surface area contributed by atoms with Crippen LogP contribution in [0.15, 0.2) is 41.3 Å². The molecular weight excluding hydrogens is 991 g/mol. The first-order valence-electron chi connectivity index (χ1n) is 29.3. The van der Waals surface area contributed by atoms with Crippen molar-refractivity contribution in [2.75, 3.05) is 0 Å². The first-order chi connectivity index (χ1) is 39.4. The molecule has 30 aromatic carbocycles. The SMILES string of the molecule is Cc1ccc(S(=O)(=O)N2Cc3cc(C)c(C)cc3C34c5c6c7c8c9c%10c(c%11c%12c3c3c5c5c%13c6c6c7c7c9c9c%14c%10c%10c%11c%11c%12c%12c3c3c5c5c%13c%13c6c6c7c9c7c9c%14c%10c%10c%11c%11c%12c3c3c5c5c%13c6c7c6c9c%10c%11c3c56)C824)cc1. The van der Waals surface area contributed by atoms with Crippen LogP contribution in [0.4, 0.5) is 0 Å². The summed E-state index contributed by atoms with van der Waals surface area (Å²) < 4.78 is 37.3. The maximum atomic E-state index is 17.5. The lowest BCUT2D eigenvalue weighted by atomic mass is 9.48. The third kappa shape index (κ3) is 1.81. The summed E-state index contributed by atoms with van der Waals surface area (Å²) in [6.07, 6.45) is 0. The fourth-order valence-electron chi connectivity index (χ4n) is 26.8. The van der Waals surface area contributed by atoms with E-state index in [0.29, 0.717) is 11.4 Å². The Bertz CT molecular complexity index is 8020. The summed E-state index contributed by atoms with van der Waals surface area (Å²) in [7, 11) is -4.25. The van der Waals surface area contributed by atoms with Gasteiger partial charge < -0.3 is 0 Å². The molecule has 0 saturated carbocycles. The molecule has 30 aromatic rings. The number of hydrogen-bond acceptors (Lipinski definition) is 2. The third-order valence-electron chi connectivity index (χ3n) is 27.7. The van der Waals surface area contributed by atoms with E-state index < -0.39 is 21.0 Å². The molecule has 0 amide bonds. The molecule has 4 heteroatoms. The molecule has 5 aliphatic rings. The Balaban J connectivity index is 1.09. The molecule has 4 aliphatic carbocycles. The summed E-state index contributed by atoms with van der Waals surface area (Å²) in [6, 6.07) is 13.0. The number of sulfonamides is 1. The van der Waals surface area contributed by atoms with Crippen LogP contribution < -0.4 is 0 Å². The van der Waals surface area contributed by atoms with Crippen LogP contribution in [0.2, 0.25) is 0 Å². The third-order valence-corrected chi connectivity index (χ3v) is 29.5. The maximum absolute atomic E-state index is 17.5. The van der Waals surface area contributed by atoms with E-state index >= 15 is 8.42 Å². The Labute approximate surface area is 440 Å². The number of fused-ring (bicyclic) bond motifs is 1. The van der Waals surface area contributed by atoms with Gasteiger partial charge in [0.1, 0.15) is 5.54 Å². The molecule has 344 valence electrons. The second-order valence-electron chi connectivity index (χ2n) is 28.6. The van der Waals surface area contributed by atoms with Gasteiger partial charge in [-0.1, -0.05) is 29.8 Å². The predicted octanol–water partition coefficient (Wildman–Crippen LogP) is 19.4. The Morgan fingerprint density at radius 1 is 0.300 bits per heavy atom. The van der Waals surface area contributed by atoms with E-state index in [1.165, 1.54) is 217 Å². The van der Waals surface area contributed by atoms with E-state index in [0.717, 1.165) is 5.56 Å². The molecule has 2 spiro atoms. The minimum absolute atomic E-state index is 0.311. The van der Waals surface area contributed by atoms with E-state index in [1.807, 2.05) is 24.3 Å². The average molecular weight is 1010 g/mol. The summed E-state index contributed by atoms with van der Waals surface area (Å²) in [6.45, 7) is 7.02. The van der Waals surface area contributed by atoms with Crippen molar-refractivity contribution in [3.8, 4) is 0 Å². The predicted molar refractivity (Wildman–Crippen MR) is 333 cm³/mol. The van der Waals surface area contributed by atoms with Crippen LogP contribution >= 0.6 is 0 Å². The molecule has 1 aliphatic heterocycles. The Hall–Kier alpha value is -9.19. The monoisotopic (exact) mass is 1010 g/mol. The molecule has 0 radical (unpaired) electrons. The summed E-state index contributed by atoms with van der Waals surface area (Å²) in [5.74, 6) is 0. The first kappa shape index (κ1) is 32.0. The fraction of sp³-hybridized carbons (Fsp3) is 0.0789. The van der Waals surface area contributed by atoms with Gasteiger partial charge in [-0.15, -0.1) is 0 Å². The van der Waals surface area contributed by atoms with Crippen LogP contribution in [0.1, 0.15) is 50.1 Å². The van der Waals surface area contributed by atoms with Crippen molar-refractivity contribution >= 4 is 301 Å². The maximum Gasteiger partial charge on any atom is 0.244 e. The van der Waals surface area contributed by atoms with Gasteiger partial charge in [-0.2, -0.15) is 4.31 Å². The zero-order chi connectivity index (χ0) is 49.0. The van der Waals surface area contributed by atoms with Gasteiger partial charge in [0.25, 0.3) is 0 Å². The molecule has 0 atom stereocenters. The Morgan fingerprint density at radius 2 is 0.525 bits per heavy atom. The minimum atomic E-state index is -4.25. The second kappa shape index (κ2) is 7.44. The standard InChI is InChI=1S/C76H17NO2S/c1-11-4-6-15(7-5-11)80(78,79)77-10-14-8-12(2)13(3)9-16(14)75-71-63-55-45-35-27-19-17-18-21-25-23(19)31-39-33(25)43-37-29(21)30-22(18)26-24-20(17)28(27)36-42-32(24)40-34(26)44-38(30)48-47(37)59-53(43)61-51(39)57(49(55)41(31)35)65(71)67(61)73-69(59)70-60(48)54(44)62-52(40)58-50(42)56(46(36)45)64(63)72(75)66(58)68(62)74(70)76(73,75)77/h4-9H,10H2,1-3H3. The number of hydrogen-bond donors (Lipinski definition) is 0. The van der Waals surface area contributed by atoms with E-state index in [2.05, 4.69) is 37.2 Å². The largest absolute Gasteiger partial charge is 0.244 e. The zero-order valence-corrected chi connectivity index (χ0v) is 42.7. The van der Waals surface area contributed by atoms with Crippen molar-refractivity contribution in [3.05, 3.63) is 86.5 Å². The molecule has 0 unspecified atom stereocenters. The summed E-state index contributed by atoms with van der Waals surface area (Å²) in [5.41, 5.74) is 9.70. The molecular formula is C76H17NO2S. The van der Waals surface area contributed by atoms with Gasteiger partial charge in [0.05, 0.1) is 10.3 Å². The van der Waals surface area contributed by atoms with Crippen LogP contribution in [-0.2, 0) is 27.5 Å². The Kier molecular flexibility index (Phi) is 2.98. The summed E-state index contributed by atoms with van der Waals surface area (Å²) in [5, 5.41) is 82.4. The molecule has 80 heavy (non-hydrogen) atoms. The van der Waals surface area contributed by atoms with Gasteiger partial charge in [0.15, 0.2) is 0 Å². The smallest absolute Gasteiger partial charge is 0.207 e. The van der Waals surface area contributed by atoms with Gasteiger partial charge in [-0.05, 0) is 368 Å². The second-order valence-corrected chi connectivity index (χ2v) is 30.5. The number of nitrogens with zero attached hydrogens (tertiary/aromatic N) is 1. The minimum Gasteiger partial charge on any atom is -0.207 e. The zero-order valence-electron chi connectivity index (χ0n) is 41.8. The van der Waals surface area contributed by atoms with E-state index in [9.17, 15) is 0 Å². The molecule has 35 rings (SSSR count). The lowest BCUT2D eigenvalue weighted by molar-refractivity contribution is 0.147. The topological polar surface area (TPSA) is 37.4 Å². The average Bonchev–Trinajstić information content (AvgIpc) is 1.40. The van der Waals surface area contributed by atoms with Crippen LogP contribution in [-0.4, -0.2) is 12.7 Å². The highest BCUT2D eigenvalue weighted by Gasteiger charge is 2.75. The molecule has 0 aromatic heterocycles. The first-order valence-corrected chi connectivity index (χ1v) is 30.8. The fourth-order valence-corrected chi connectivity index (χ4v) is 28.6. The van der Waals surface area contributed by atoms with Crippen molar-refractivity contribution in [1.29, 1.82) is 0 Å². The normalized spacial score (nSPS) is 21.5. The molecule has 0 saturated heterocycles. The summed E-state index contributed by atoms with van der Waals surface area (Å²) >= 11 is 0. The van der Waals surface area contributed by atoms with Gasteiger partial charge >= 0.3 is 0 Å². The van der Waals surface area contributed by atoms with Crippen LogP contribution in [0.25, 0.3) is 291 Å². The van der Waals surface area contributed by atoms with Crippen LogP contribution in [0.5, 0.6) is 0 Å². The Morgan fingerprint density at radius 3 is 0.787 bits per heavy atom. The van der Waals surface area contributed by atoms with E-state index in [1.54, 1.807) is 118 Å². The van der Waals surface area contributed by atoms with Crippen molar-refractivity contribution in [2.45, 2.75) is 43.2 Å². The van der Waals surface area contributed by atoms with E-state index in [4.69, 9.17) is 0 Å². The summed E-state index contributed by atoms with van der Waals surface area (Å²) in [4.78, 5) is 0.406. The van der Waals surface area contributed by atoms with Crippen molar-refractivity contribution in [2.24, 2.45) is 0 Å². The number of benzene rings is 20. The quantitative estimate of drug-likeness (QED) is 0.162. The van der Waals surface area contributed by atoms with Gasteiger partial charge in [-0.3, -0.25) is 0 Å². The highest BCUT2D eigenvalue weighted by molar-refractivity contribution is 7.89. The number of aryl methyl sites for hydroxylation is 3. The number of rotatable bonds is 2. The van der Waals surface area contributed by atoms with Crippen LogP contribution in [0.3, 0.4) is 0 Å². The molecule has 3 nitrogen and oxygen atoms in total. The van der Waals surface area contributed by atoms with Crippen molar-refractivity contribution in [3.63, 3.8) is 0 Å². The highest BCUT2D eigenvalue weighted by atomic mass is 32.2. The van der Waals surface area contributed by atoms with Gasteiger partial charge in [0, 0.05) is 6.54 Å². The molecule has 1 heterocycles. The molecule has 0 fully saturated rings. The molecule has 0 N–H and O–H groups in total. The van der Waals surface area contributed by atoms with Gasteiger partial charge in [0.2, 0.25) is 10.0 Å². The highest BCUT2D eigenvalue weighted by Crippen LogP contribution is 2.86. The van der Waals surface area contributed by atoms with Gasteiger partial charge in [-0.25, -0.2) is 8.42 Å². The van der Waals surface area contributed by atoms with Crippen molar-refractivity contribution in [1.82, 2.24) is 4.31 Å². The van der Waals surface area contributed by atoms with Crippen LogP contribution in [0, 0.1) is 20.8 Å². The molecule has 0 bridgehead atoms. The lowest BCUT2D eigenvalue weighted by Crippen LogP contribution is -2.66. The van der Waals surface area contributed by atoms with E-state index in [-0.39, 0.29) is 0 Å². The lowest BCUT2D eigenvalue weighted by Gasteiger charge is -2.61. The van der Waals surface area contributed by atoms with Crippen molar-refractivity contribution < 1.29 is 8.42 Å².